The summed E-state index contributed by atoms with van der Waals surface area (Å²) >= 11 is 12.4. The Bertz CT molecular complexity index is 705. The summed E-state index contributed by atoms with van der Waals surface area (Å²) in [4.78, 5) is 6.30. The largest absolute Gasteiger partial charge is 0.493 e. The van der Waals surface area contributed by atoms with Crippen LogP contribution in [-0.4, -0.2) is 31.9 Å². The number of para-hydroxylation sites is 1. The molecule has 2 aromatic rings. The van der Waals surface area contributed by atoms with Crippen LogP contribution in [0.25, 0.3) is 0 Å². The van der Waals surface area contributed by atoms with E-state index in [2.05, 4.69) is 4.99 Å². The number of benzene rings is 2. The molecule has 0 fully saturated rings. The Balaban J connectivity index is 2.33. The molecule has 0 radical (unpaired) electrons. The monoisotopic (exact) mass is 352 g/mol. The van der Waals surface area contributed by atoms with Crippen LogP contribution in [0.2, 0.25) is 10.0 Å². The van der Waals surface area contributed by atoms with Crippen molar-refractivity contribution >= 4 is 35.2 Å². The fraction of sp³-hybridized carbons (Fsp3) is 0.235. The van der Waals surface area contributed by atoms with Crippen LogP contribution in [0.4, 0.5) is 5.69 Å². The minimum Gasteiger partial charge on any atom is -0.493 e. The van der Waals surface area contributed by atoms with E-state index in [9.17, 15) is 0 Å². The molecule has 0 aliphatic carbocycles. The van der Waals surface area contributed by atoms with Crippen LogP contribution in [0, 0.1) is 0 Å². The lowest BCUT2D eigenvalue weighted by Gasteiger charge is -2.13. The molecule has 0 aliphatic rings. The van der Waals surface area contributed by atoms with Gasteiger partial charge in [0, 0.05) is 25.7 Å². The molecular formula is C17H18Cl2N2O2. The van der Waals surface area contributed by atoms with Crippen molar-refractivity contribution in [2.75, 3.05) is 20.7 Å². The quantitative estimate of drug-likeness (QED) is 0.515. The highest BCUT2D eigenvalue weighted by Gasteiger charge is 2.12. The van der Waals surface area contributed by atoms with Crippen molar-refractivity contribution in [2.24, 2.45) is 4.99 Å². The number of methoxy groups -OCH3 is 1. The van der Waals surface area contributed by atoms with Crippen molar-refractivity contribution in [2.45, 2.75) is 6.92 Å². The van der Waals surface area contributed by atoms with E-state index >= 15 is 0 Å². The highest BCUT2D eigenvalue weighted by Crippen LogP contribution is 2.41. The summed E-state index contributed by atoms with van der Waals surface area (Å²) in [7, 11) is 3.50. The van der Waals surface area contributed by atoms with Gasteiger partial charge in [0.2, 0.25) is 0 Å². The van der Waals surface area contributed by atoms with Crippen molar-refractivity contribution in [3.63, 3.8) is 0 Å². The van der Waals surface area contributed by atoms with Gasteiger partial charge in [-0.05, 0) is 19.1 Å². The molecule has 0 saturated heterocycles. The molecule has 2 rings (SSSR count). The molecule has 23 heavy (non-hydrogen) atoms. The van der Waals surface area contributed by atoms with E-state index in [0.717, 1.165) is 6.54 Å². The van der Waals surface area contributed by atoms with Gasteiger partial charge in [-0.2, -0.15) is 0 Å². The molecule has 0 unspecified atom stereocenters. The second kappa shape index (κ2) is 8.09. The van der Waals surface area contributed by atoms with E-state index in [0.29, 0.717) is 33.0 Å². The highest BCUT2D eigenvalue weighted by atomic mass is 35.5. The molecule has 0 atom stereocenters. The van der Waals surface area contributed by atoms with Gasteiger partial charge in [0.25, 0.3) is 0 Å². The molecule has 0 amide bonds. The summed E-state index contributed by atoms with van der Waals surface area (Å²) in [6.45, 7) is 2.89. The van der Waals surface area contributed by atoms with E-state index in [1.807, 2.05) is 31.0 Å². The Hall–Kier alpha value is -1.91. The molecule has 2 aromatic carbocycles. The topological polar surface area (TPSA) is 34.1 Å². The van der Waals surface area contributed by atoms with Crippen molar-refractivity contribution in [3.8, 4) is 17.2 Å². The summed E-state index contributed by atoms with van der Waals surface area (Å²) in [6.07, 6.45) is 1.72. The molecule has 0 saturated carbocycles. The molecule has 6 heteroatoms. The lowest BCUT2D eigenvalue weighted by molar-refractivity contribution is 0.379. The summed E-state index contributed by atoms with van der Waals surface area (Å²) in [5.41, 5.74) is 0.607. The first kappa shape index (κ1) is 17.4. The van der Waals surface area contributed by atoms with Crippen molar-refractivity contribution in [3.05, 3.63) is 46.4 Å². The van der Waals surface area contributed by atoms with Gasteiger partial charge in [-0.25, -0.2) is 4.99 Å². The summed E-state index contributed by atoms with van der Waals surface area (Å²) in [6, 6.07) is 10.6. The number of aliphatic imine (C=N–C) groups is 1. The average Bonchev–Trinajstić information content (AvgIpc) is 2.55. The van der Waals surface area contributed by atoms with Gasteiger partial charge in [-0.15, -0.1) is 0 Å². The minimum atomic E-state index is 0.466. The molecule has 0 N–H and O–H groups in total. The number of hydrogen-bond donors (Lipinski definition) is 0. The maximum atomic E-state index is 6.29. The molecule has 122 valence electrons. The zero-order valence-corrected chi connectivity index (χ0v) is 14.7. The van der Waals surface area contributed by atoms with Gasteiger partial charge >= 0.3 is 0 Å². The first-order valence-electron chi connectivity index (χ1n) is 7.09. The SMILES string of the molecule is CCN(C)/C=N/c1cc(OC)c(Oc2ccccc2Cl)cc1Cl. The zero-order valence-electron chi connectivity index (χ0n) is 13.2. The van der Waals surface area contributed by atoms with Crippen LogP contribution >= 0.6 is 23.2 Å². The second-order valence-corrected chi connectivity index (χ2v) is 5.62. The van der Waals surface area contributed by atoms with Crippen LogP contribution < -0.4 is 9.47 Å². The van der Waals surface area contributed by atoms with E-state index in [1.165, 1.54) is 0 Å². The van der Waals surface area contributed by atoms with Gasteiger partial charge in [0.05, 0.1) is 29.2 Å². The fourth-order valence-electron chi connectivity index (χ4n) is 1.75. The van der Waals surface area contributed by atoms with E-state index < -0.39 is 0 Å². The van der Waals surface area contributed by atoms with Gasteiger partial charge in [-0.1, -0.05) is 35.3 Å². The average molecular weight is 353 g/mol. The van der Waals surface area contributed by atoms with Crippen molar-refractivity contribution < 1.29 is 9.47 Å². The Labute approximate surface area is 146 Å². The maximum Gasteiger partial charge on any atom is 0.170 e. The van der Waals surface area contributed by atoms with Crippen LogP contribution in [0.1, 0.15) is 6.92 Å². The standard InChI is InChI=1S/C17H18Cl2N2O2/c1-4-21(2)11-20-14-10-16(22-3)17(9-13(14)19)23-15-8-6-5-7-12(15)18/h5-11H,4H2,1-3H3/b20-11+. The van der Waals surface area contributed by atoms with Gasteiger partial charge < -0.3 is 14.4 Å². The third-order valence-electron chi connectivity index (χ3n) is 3.18. The first-order valence-corrected chi connectivity index (χ1v) is 7.85. The van der Waals surface area contributed by atoms with Crippen LogP contribution in [-0.2, 0) is 0 Å². The van der Waals surface area contributed by atoms with Gasteiger partial charge in [-0.3, -0.25) is 0 Å². The van der Waals surface area contributed by atoms with E-state index in [4.69, 9.17) is 32.7 Å². The third-order valence-corrected chi connectivity index (χ3v) is 3.80. The molecular weight excluding hydrogens is 335 g/mol. The molecule has 0 heterocycles. The highest BCUT2D eigenvalue weighted by molar-refractivity contribution is 6.33. The number of nitrogens with zero attached hydrogens (tertiary/aromatic N) is 2. The second-order valence-electron chi connectivity index (χ2n) is 4.80. The van der Waals surface area contributed by atoms with Crippen LogP contribution in [0.5, 0.6) is 17.2 Å². The van der Waals surface area contributed by atoms with Crippen molar-refractivity contribution in [1.29, 1.82) is 0 Å². The smallest absolute Gasteiger partial charge is 0.170 e. The molecule has 0 aliphatic heterocycles. The third kappa shape index (κ3) is 4.53. The van der Waals surface area contributed by atoms with Crippen LogP contribution in [0.15, 0.2) is 41.4 Å². The zero-order chi connectivity index (χ0) is 16.8. The van der Waals surface area contributed by atoms with Gasteiger partial charge in [0.15, 0.2) is 11.5 Å². The number of hydrogen-bond acceptors (Lipinski definition) is 3. The lowest BCUT2D eigenvalue weighted by atomic mass is 10.2. The summed E-state index contributed by atoms with van der Waals surface area (Å²) in [5.74, 6) is 1.54. The normalized spacial score (nSPS) is 10.8. The summed E-state index contributed by atoms with van der Waals surface area (Å²) in [5, 5.41) is 0.978. The number of halogens is 2. The first-order chi connectivity index (χ1) is 11.0. The van der Waals surface area contributed by atoms with Crippen LogP contribution in [0.3, 0.4) is 0 Å². The number of rotatable bonds is 6. The van der Waals surface area contributed by atoms with Crippen molar-refractivity contribution in [1.82, 2.24) is 4.90 Å². The predicted molar refractivity (Wildman–Crippen MR) is 96.0 cm³/mol. The predicted octanol–water partition coefficient (Wildman–Crippen LogP) is 5.41. The Morgan fingerprint density at radius 1 is 1.09 bits per heavy atom. The van der Waals surface area contributed by atoms with Gasteiger partial charge in [0.1, 0.15) is 5.75 Å². The molecule has 0 spiro atoms. The maximum absolute atomic E-state index is 6.29. The summed E-state index contributed by atoms with van der Waals surface area (Å²) < 4.78 is 11.2. The fourth-order valence-corrected chi connectivity index (χ4v) is 2.13. The minimum absolute atomic E-state index is 0.466. The molecule has 0 bridgehead atoms. The van der Waals surface area contributed by atoms with E-state index in [-0.39, 0.29) is 0 Å². The molecule has 0 aromatic heterocycles. The Kier molecular flexibility index (Phi) is 6.13. The Morgan fingerprint density at radius 2 is 1.83 bits per heavy atom. The van der Waals surface area contributed by atoms with E-state index in [1.54, 1.807) is 37.7 Å². The Morgan fingerprint density at radius 3 is 2.48 bits per heavy atom. The lowest BCUT2D eigenvalue weighted by Crippen LogP contribution is -2.14. The molecule has 4 nitrogen and oxygen atoms in total. The number of ether oxygens (including phenoxy) is 2.